The van der Waals surface area contributed by atoms with E-state index in [0.29, 0.717) is 17.4 Å². The van der Waals surface area contributed by atoms with E-state index in [9.17, 15) is 8.42 Å². The van der Waals surface area contributed by atoms with Crippen molar-refractivity contribution in [3.63, 3.8) is 0 Å². The average molecular weight is 239 g/mol. The van der Waals surface area contributed by atoms with Gasteiger partial charge in [-0.05, 0) is 30.9 Å². The van der Waals surface area contributed by atoms with Crippen LogP contribution in [0.4, 0.5) is 0 Å². The van der Waals surface area contributed by atoms with Gasteiger partial charge in [-0.1, -0.05) is 24.6 Å². The Labute approximate surface area is 97.1 Å². The van der Waals surface area contributed by atoms with E-state index in [1.54, 1.807) is 31.3 Å². The van der Waals surface area contributed by atoms with Crippen LogP contribution in [0.3, 0.4) is 0 Å². The molecule has 0 N–H and O–H groups in total. The average Bonchev–Trinajstić information content (AvgIpc) is 2.24. The van der Waals surface area contributed by atoms with Gasteiger partial charge >= 0.3 is 0 Å². The zero-order valence-electron chi connectivity index (χ0n) is 9.46. The van der Waals surface area contributed by atoms with E-state index in [2.05, 4.69) is 0 Å². The van der Waals surface area contributed by atoms with Crippen LogP contribution >= 0.6 is 0 Å². The summed E-state index contributed by atoms with van der Waals surface area (Å²) in [6, 6.07) is 8.62. The number of benzene rings is 1. The second-order valence-electron chi connectivity index (χ2n) is 4.40. The van der Waals surface area contributed by atoms with Crippen molar-refractivity contribution in [1.29, 1.82) is 0 Å². The summed E-state index contributed by atoms with van der Waals surface area (Å²) in [5.74, 6) is 0.559. The fraction of sp³-hybridized carbons (Fsp3) is 0.500. The monoisotopic (exact) mass is 239 g/mol. The molecule has 3 nitrogen and oxygen atoms in total. The Morgan fingerprint density at radius 2 is 1.88 bits per heavy atom. The predicted molar refractivity (Wildman–Crippen MR) is 63.6 cm³/mol. The SMILES string of the molecule is CN(CC1CCC1)S(=O)(=O)c1ccccc1. The van der Waals surface area contributed by atoms with Crippen molar-refractivity contribution in [2.24, 2.45) is 5.92 Å². The van der Waals surface area contributed by atoms with Crippen molar-refractivity contribution in [3.8, 4) is 0 Å². The zero-order valence-corrected chi connectivity index (χ0v) is 10.3. The van der Waals surface area contributed by atoms with Crippen LogP contribution in [0.2, 0.25) is 0 Å². The summed E-state index contributed by atoms with van der Waals surface area (Å²) < 4.78 is 25.7. The molecule has 1 saturated carbocycles. The largest absolute Gasteiger partial charge is 0.242 e. The van der Waals surface area contributed by atoms with E-state index in [1.807, 2.05) is 6.07 Å². The molecule has 1 aromatic carbocycles. The molecule has 0 saturated heterocycles. The van der Waals surface area contributed by atoms with Crippen LogP contribution in [-0.4, -0.2) is 26.3 Å². The van der Waals surface area contributed by atoms with Crippen LogP contribution in [0, 0.1) is 5.92 Å². The molecule has 1 aliphatic carbocycles. The molecule has 0 radical (unpaired) electrons. The first-order chi connectivity index (χ1) is 7.60. The summed E-state index contributed by atoms with van der Waals surface area (Å²) in [6.45, 7) is 0.650. The van der Waals surface area contributed by atoms with Crippen molar-refractivity contribution in [2.45, 2.75) is 24.2 Å². The molecule has 0 aliphatic heterocycles. The predicted octanol–water partition coefficient (Wildman–Crippen LogP) is 2.11. The molecule has 0 bridgehead atoms. The highest BCUT2D eigenvalue weighted by Crippen LogP contribution is 2.28. The van der Waals surface area contributed by atoms with E-state index in [-0.39, 0.29) is 0 Å². The summed E-state index contributed by atoms with van der Waals surface area (Å²) >= 11 is 0. The van der Waals surface area contributed by atoms with Crippen molar-refractivity contribution >= 4 is 10.0 Å². The Bertz CT molecular complexity index is 437. The van der Waals surface area contributed by atoms with Gasteiger partial charge in [0.05, 0.1) is 4.90 Å². The summed E-state index contributed by atoms with van der Waals surface area (Å²) in [7, 11) is -1.61. The molecule has 1 fully saturated rings. The Morgan fingerprint density at radius 1 is 1.25 bits per heavy atom. The second-order valence-corrected chi connectivity index (χ2v) is 6.44. The number of sulfonamides is 1. The lowest BCUT2D eigenvalue weighted by Crippen LogP contribution is -2.34. The van der Waals surface area contributed by atoms with Gasteiger partial charge in [0.1, 0.15) is 0 Å². The first-order valence-electron chi connectivity index (χ1n) is 5.62. The maximum Gasteiger partial charge on any atom is 0.242 e. The van der Waals surface area contributed by atoms with Gasteiger partial charge in [0.15, 0.2) is 0 Å². The third-order valence-corrected chi connectivity index (χ3v) is 5.03. The van der Waals surface area contributed by atoms with Crippen LogP contribution in [-0.2, 0) is 10.0 Å². The van der Waals surface area contributed by atoms with Crippen molar-refractivity contribution in [1.82, 2.24) is 4.31 Å². The fourth-order valence-electron chi connectivity index (χ4n) is 1.91. The molecule has 0 atom stereocenters. The molecular weight excluding hydrogens is 222 g/mol. The summed E-state index contributed by atoms with van der Waals surface area (Å²) in [5, 5.41) is 0. The zero-order chi connectivity index (χ0) is 11.6. The van der Waals surface area contributed by atoms with Crippen LogP contribution in [0.5, 0.6) is 0 Å². The van der Waals surface area contributed by atoms with Gasteiger partial charge in [0.25, 0.3) is 0 Å². The summed E-state index contributed by atoms with van der Waals surface area (Å²) in [6.07, 6.45) is 3.56. The molecule has 2 rings (SSSR count). The lowest BCUT2D eigenvalue weighted by Gasteiger charge is -2.29. The van der Waals surface area contributed by atoms with Gasteiger partial charge in [-0.25, -0.2) is 12.7 Å². The van der Waals surface area contributed by atoms with E-state index >= 15 is 0 Å². The molecule has 16 heavy (non-hydrogen) atoms. The molecule has 0 heterocycles. The Balaban J connectivity index is 2.12. The third-order valence-electron chi connectivity index (χ3n) is 3.19. The maximum atomic E-state index is 12.1. The summed E-state index contributed by atoms with van der Waals surface area (Å²) in [4.78, 5) is 0.386. The highest BCUT2D eigenvalue weighted by atomic mass is 32.2. The number of nitrogens with zero attached hydrogens (tertiary/aromatic N) is 1. The van der Waals surface area contributed by atoms with E-state index in [1.165, 1.54) is 10.7 Å². The van der Waals surface area contributed by atoms with Crippen molar-refractivity contribution < 1.29 is 8.42 Å². The second kappa shape index (κ2) is 4.55. The smallest absolute Gasteiger partial charge is 0.207 e. The molecule has 4 heteroatoms. The molecular formula is C12H17NO2S. The van der Waals surface area contributed by atoms with Crippen LogP contribution < -0.4 is 0 Å². The van der Waals surface area contributed by atoms with Crippen LogP contribution in [0.25, 0.3) is 0 Å². The van der Waals surface area contributed by atoms with Crippen LogP contribution in [0.1, 0.15) is 19.3 Å². The van der Waals surface area contributed by atoms with Gasteiger partial charge in [-0.2, -0.15) is 0 Å². The van der Waals surface area contributed by atoms with Crippen molar-refractivity contribution in [2.75, 3.05) is 13.6 Å². The minimum Gasteiger partial charge on any atom is -0.207 e. The van der Waals surface area contributed by atoms with Gasteiger partial charge in [0, 0.05) is 13.6 Å². The first kappa shape index (κ1) is 11.6. The summed E-state index contributed by atoms with van der Waals surface area (Å²) in [5.41, 5.74) is 0. The molecule has 0 spiro atoms. The molecule has 1 aliphatic rings. The number of rotatable bonds is 4. The normalized spacial score (nSPS) is 17.4. The van der Waals surface area contributed by atoms with E-state index < -0.39 is 10.0 Å². The van der Waals surface area contributed by atoms with Gasteiger partial charge < -0.3 is 0 Å². The van der Waals surface area contributed by atoms with Crippen molar-refractivity contribution in [3.05, 3.63) is 30.3 Å². The Morgan fingerprint density at radius 3 is 2.38 bits per heavy atom. The minimum atomic E-state index is -3.28. The lowest BCUT2D eigenvalue weighted by molar-refractivity contribution is 0.263. The highest BCUT2D eigenvalue weighted by molar-refractivity contribution is 7.89. The van der Waals surface area contributed by atoms with E-state index in [0.717, 1.165) is 12.8 Å². The topological polar surface area (TPSA) is 37.4 Å². The minimum absolute atomic E-state index is 0.386. The van der Waals surface area contributed by atoms with Gasteiger partial charge in [0.2, 0.25) is 10.0 Å². The molecule has 88 valence electrons. The molecule has 0 unspecified atom stereocenters. The fourth-order valence-corrected chi connectivity index (χ4v) is 3.18. The Kier molecular flexibility index (Phi) is 3.30. The third kappa shape index (κ3) is 2.28. The van der Waals surface area contributed by atoms with Crippen LogP contribution in [0.15, 0.2) is 35.2 Å². The van der Waals surface area contributed by atoms with Gasteiger partial charge in [-0.3, -0.25) is 0 Å². The lowest BCUT2D eigenvalue weighted by atomic mass is 9.86. The first-order valence-corrected chi connectivity index (χ1v) is 7.06. The van der Waals surface area contributed by atoms with E-state index in [4.69, 9.17) is 0 Å². The number of hydrogen-bond acceptors (Lipinski definition) is 2. The quantitative estimate of drug-likeness (QED) is 0.807. The Hall–Kier alpha value is -0.870. The highest BCUT2D eigenvalue weighted by Gasteiger charge is 2.26. The molecule has 0 amide bonds. The maximum absolute atomic E-state index is 12.1. The molecule has 0 aromatic heterocycles. The van der Waals surface area contributed by atoms with Gasteiger partial charge in [-0.15, -0.1) is 0 Å². The molecule has 1 aromatic rings. The standard InChI is InChI=1S/C12H17NO2S/c1-13(10-11-6-5-7-11)16(14,15)12-8-3-2-4-9-12/h2-4,8-9,11H,5-7,10H2,1H3. The number of hydrogen-bond donors (Lipinski definition) is 0.